The molecule has 0 bridgehead atoms. The molecular weight excluding hydrogens is 414 g/mol. The minimum absolute atomic E-state index is 0.0382. The topological polar surface area (TPSA) is 46.0 Å². The highest BCUT2D eigenvalue weighted by Gasteiger charge is 2.42. The molecule has 1 aromatic carbocycles. The van der Waals surface area contributed by atoms with Crippen molar-refractivity contribution in [3.8, 4) is 5.82 Å². The Balaban J connectivity index is 1.68. The third-order valence-corrected chi connectivity index (χ3v) is 6.39. The molecule has 0 unspecified atom stereocenters. The van der Waals surface area contributed by atoms with Crippen molar-refractivity contribution in [1.82, 2.24) is 19.9 Å². The van der Waals surface area contributed by atoms with Crippen molar-refractivity contribution < 1.29 is 0 Å². The van der Waals surface area contributed by atoms with Crippen LogP contribution in [0, 0.1) is 20.8 Å². The molecule has 0 radical (unpaired) electrons. The third kappa shape index (κ3) is 3.46. The minimum atomic E-state index is -0.0670. The van der Waals surface area contributed by atoms with E-state index in [-0.39, 0.29) is 12.1 Å². The van der Waals surface area contributed by atoms with E-state index in [1.165, 1.54) is 11.1 Å². The second-order valence-electron chi connectivity index (χ2n) is 8.18. The summed E-state index contributed by atoms with van der Waals surface area (Å²) in [7, 11) is 0. The molecule has 6 heteroatoms. The smallest absolute Gasteiger partial charge is 0.174 e. The highest BCUT2D eigenvalue weighted by molar-refractivity contribution is 7.80. The van der Waals surface area contributed by atoms with Gasteiger partial charge in [-0.3, -0.25) is 4.98 Å². The van der Waals surface area contributed by atoms with Crippen molar-refractivity contribution in [2.75, 3.05) is 4.90 Å². The van der Waals surface area contributed by atoms with E-state index in [1.807, 2.05) is 42.7 Å². The normalized spacial score (nSPS) is 18.1. The lowest BCUT2D eigenvalue weighted by Crippen LogP contribution is -2.29. The van der Waals surface area contributed by atoms with E-state index in [0.29, 0.717) is 5.11 Å². The number of hydrogen-bond acceptors (Lipinski definition) is 3. The number of aromatic nitrogens is 3. The monoisotopic (exact) mass is 439 g/mol. The molecule has 32 heavy (non-hydrogen) atoms. The molecule has 2 atom stereocenters. The zero-order valence-electron chi connectivity index (χ0n) is 18.4. The Morgan fingerprint density at radius 1 is 0.875 bits per heavy atom. The van der Waals surface area contributed by atoms with Gasteiger partial charge in [-0.2, -0.15) is 0 Å². The molecule has 4 aromatic rings. The van der Waals surface area contributed by atoms with E-state index in [2.05, 4.69) is 81.9 Å². The Bertz CT molecular complexity index is 1250. The number of nitrogens with zero attached hydrogens (tertiary/aromatic N) is 4. The summed E-state index contributed by atoms with van der Waals surface area (Å²) in [4.78, 5) is 11.5. The largest absolute Gasteiger partial charge is 0.351 e. The Morgan fingerprint density at radius 2 is 1.59 bits per heavy atom. The summed E-state index contributed by atoms with van der Waals surface area (Å²) in [6.07, 6.45) is 3.66. The van der Waals surface area contributed by atoms with E-state index in [1.54, 1.807) is 0 Å². The van der Waals surface area contributed by atoms with Crippen LogP contribution in [-0.2, 0) is 0 Å². The van der Waals surface area contributed by atoms with Crippen molar-refractivity contribution in [3.05, 3.63) is 107 Å². The van der Waals surface area contributed by atoms with Gasteiger partial charge in [0.1, 0.15) is 5.82 Å². The van der Waals surface area contributed by atoms with Crippen LogP contribution >= 0.6 is 12.2 Å². The Kier molecular flexibility index (Phi) is 5.23. The fourth-order valence-corrected chi connectivity index (χ4v) is 4.93. The lowest BCUT2D eigenvalue weighted by atomic mass is 9.96. The van der Waals surface area contributed by atoms with Gasteiger partial charge >= 0.3 is 0 Å². The van der Waals surface area contributed by atoms with Gasteiger partial charge < -0.3 is 14.8 Å². The highest BCUT2D eigenvalue weighted by atomic mass is 32.1. The van der Waals surface area contributed by atoms with E-state index in [9.17, 15) is 0 Å². The fraction of sp³-hybridized carbons (Fsp3) is 0.192. The summed E-state index contributed by atoms with van der Waals surface area (Å²) in [5, 5.41) is 4.25. The third-order valence-electron chi connectivity index (χ3n) is 6.08. The first kappa shape index (κ1) is 20.4. The van der Waals surface area contributed by atoms with Gasteiger partial charge in [0.05, 0.1) is 17.8 Å². The molecule has 0 amide bonds. The number of rotatable bonds is 4. The van der Waals surface area contributed by atoms with Crippen LogP contribution in [0.2, 0.25) is 0 Å². The van der Waals surface area contributed by atoms with Gasteiger partial charge in [-0.1, -0.05) is 29.8 Å². The molecule has 0 spiro atoms. The molecule has 5 nitrogen and oxygen atoms in total. The van der Waals surface area contributed by atoms with Crippen LogP contribution in [0.15, 0.2) is 79.1 Å². The van der Waals surface area contributed by atoms with E-state index >= 15 is 0 Å². The lowest BCUT2D eigenvalue weighted by molar-refractivity contribution is 0.565. The van der Waals surface area contributed by atoms with Crippen molar-refractivity contribution in [3.63, 3.8) is 0 Å². The van der Waals surface area contributed by atoms with Crippen LogP contribution in [0.5, 0.6) is 0 Å². The summed E-state index contributed by atoms with van der Waals surface area (Å²) in [6.45, 7) is 6.37. The average Bonchev–Trinajstić information content (AvgIpc) is 3.31. The lowest BCUT2D eigenvalue weighted by Gasteiger charge is -2.28. The summed E-state index contributed by atoms with van der Waals surface area (Å²) < 4.78 is 2.21. The zero-order valence-corrected chi connectivity index (χ0v) is 19.2. The molecule has 1 aliphatic rings. The molecule has 3 aromatic heterocycles. The molecular formula is C26H25N5S. The summed E-state index contributed by atoms with van der Waals surface area (Å²) in [6, 6.07) is 22.7. The predicted octanol–water partition coefficient (Wildman–Crippen LogP) is 5.37. The number of anilines is 1. The highest BCUT2D eigenvalue weighted by Crippen LogP contribution is 2.43. The Hall–Kier alpha value is -3.51. The summed E-state index contributed by atoms with van der Waals surface area (Å²) >= 11 is 5.85. The number of benzene rings is 1. The van der Waals surface area contributed by atoms with Crippen LogP contribution in [-0.4, -0.2) is 19.6 Å². The second-order valence-corrected chi connectivity index (χ2v) is 8.57. The minimum Gasteiger partial charge on any atom is -0.351 e. The first-order valence-corrected chi connectivity index (χ1v) is 11.1. The fourth-order valence-electron chi connectivity index (χ4n) is 4.58. The number of aryl methyl sites for hydroxylation is 2. The number of hydrogen-bond donors (Lipinski definition) is 1. The molecule has 1 fully saturated rings. The molecule has 1 aliphatic heterocycles. The maximum atomic E-state index is 5.85. The number of pyridine rings is 2. The standard InChI is InChI=1S/C26H25N5S/c1-17-10-12-20(13-11-17)31-25(24(29-26(31)32)22-8-4-6-14-27-22)21-16-18(2)30(19(21)3)23-9-5-7-15-28-23/h4-16,24-25H,1-3H3,(H,29,32)/t24-,25-/m1/s1. The van der Waals surface area contributed by atoms with Gasteiger partial charge in [0, 0.05) is 29.5 Å². The van der Waals surface area contributed by atoms with E-state index in [0.717, 1.165) is 28.6 Å². The van der Waals surface area contributed by atoms with Gasteiger partial charge in [0.25, 0.3) is 0 Å². The van der Waals surface area contributed by atoms with Gasteiger partial charge in [-0.15, -0.1) is 0 Å². The van der Waals surface area contributed by atoms with Crippen LogP contribution in [0.25, 0.3) is 5.82 Å². The van der Waals surface area contributed by atoms with Crippen LogP contribution in [0.3, 0.4) is 0 Å². The van der Waals surface area contributed by atoms with Crippen molar-refractivity contribution >= 4 is 23.0 Å². The van der Waals surface area contributed by atoms with Crippen LogP contribution < -0.4 is 10.2 Å². The molecule has 0 saturated carbocycles. The number of thiocarbonyl (C=S) groups is 1. The predicted molar refractivity (Wildman–Crippen MR) is 132 cm³/mol. The van der Waals surface area contributed by atoms with Gasteiger partial charge in [-0.05, 0) is 81.0 Å². The molecule has 160 valence electrons. The van der Waals surface area contributed by atoms with Crippen LogP contribution in [0.1, 0.15) is 40.3 Å². The van der Waals surface area contributed by atoms with Gasteiger partial charge in [0.2, 0.25) is 0 Å². The first-order valence-electron chi connectivity index (χ1n) is 10.7. The molecule has 5 rings (SSSR count). The average molecular weight is 440 g/mol. The SMILES string of the molecule is Cc1ccc(N2C(=S)N[C@H](c3ccccn3)[C@H]2c2cc(C)n(-c3ccccn3)c2C)cc1. The summed E-state index contributed by atoms with van der Waals surface area (Å²) in [5.41, 5.74) is 6.75. The quantitative estimate of drug-likeness (QED) is 0.433. The van der Waals surface area contributed by atoms with Crippen molar-refractivity contribution in [2.45, 2.75) is 32.9 Å². The van der Waals surface area contributed by atoms with Gasteiger partial charge in [0.15, 0.2) is 5.11 Å². The maximum Gasteiger partial charge on any atom is 0.174 e. The Morgan fingerprint density at radius 3 is 2.25 bits per heavy atom. The van der Waals surface area contributed by atoms with Crippen LogP contribution in [0.4, 0.5) is 5.69 Å². The number of nitrogens with one attached hydrogen (secondary N) is 1. The second kappa shape index (κ2) is 8.20. The Labute approximate surface area is 193 Å². The molecule has 1 saturated heterocycles. The first-order chi connectivity index (χ1) is 15.5. The summed E-state index contributed by atoms with van der Waals surface area (Å²) in [5.74, 6) is 0.915. The maximum absolute atomic E-state index is 5.85. The van der Waals surface area contributed by atoms with Crippen molar-refractivity contribution in [2.24, 2.45) is 0 Å². The molecule has 1 N–H and O–H groups in total. The molecule has 0 aliphatic carbocycles. The molecule has 4 heterocycles. The van der Waals surface area contributed by atoms with Gasteiger partial charge in [-0.25, -0.2) is 4.98 Å². The van der Waals surface area contributed by atoms with E-state index in [4.69, 9.17) is 12.2 Å². The van der Waals surface area contributed by atoms with E-state index < -0.39 is 0 Å². The zero-order chi connectivity index (χ0) is 22.2. The van der Waals surface area contributed by atoms with Crippen molar-refractivity contribution in [1.29, 1.82) is 0 Å².